The van der Waals surface area contributed by atoms with E-state index in [9.17, 15) is 9.59 Å². The molecule has 0 bridgehead atoms. The highest BCUT2D eigenvalue weighted by Crippen LogP contribution is 2.17. The number of amides is 2. The maximum absolute atomic E-state index is 12.2. The first-order valence-corrected chi connectivity index (χ1v) is 6.99. The van der Waals surface area contributed by atoms with Crippen LogP contribution in [0.4, 0.5) is 0 Å². The Morgan fingerprint density at radius 1 is 1.43 bits per heavy atom. The van der Waals surface area contributed by atoms with E-state index in [0.717, 1.165) is 0 Å². The van der Waals surface area contributed by atoms with E-state index in [4.69, 9.17) is 10.5 Å². The summed E-state index contributed by atoms with van der Waals surface area (Å²) in [7, 11) is 0. The van der Waals surface area contributed by atoms with Crippen LogP contribution in [0.1, 0.15) is 44.5 Å². The predicted octanol–water partition coefficient (Wildman–Crippen LogP) is 1.50. The molecule has 6 nitrogen and oxygen atoms in total. The van der Waals surface area contributed by atoms with Crippen molar-refractivity contribution in [2.24, 2.45) is 11.7 Å². The quantitative estimate of drug-likeness (QED) is 0.796. The van der Waals surface area contributed by atoms with Crippen LogP contribution in [0.25, 0.3) is 0 Å². The molecule has 0 spiro atoms. The fourth-order valence-electron chi connectivity index (χ4n) is 2.10. The van der Waals surface area contributed by atoms with Crippen molar-refractivity contribution in [1.29, 1.82) is 0 Å². The monoisotopic (exact) mass is 293 g/mol. The van der Waals surface area contributed by atoms with Crippen molar-refractivity contribution in [3.63, 3.8) is 0 Å². The summed E-state index contributed by atoms with van der Waals surface area (Å²) in [6, 6.07) is 3.21. The summed E-state index contributed by atoms with van der Waals surface area (Å²) in [6.07, 6.45) is 1.88. The van der Waals surface area contributed by atoms with E-state index >= 15 is 0 Å². The molecule has 0 unspecified atom stereocenters. The molecule has 1 heterocycles. The van der Waals surface area contributed by atoms with Crippen LogP contribution in [0.15, 0.2) is 18.3 Å². The number of hydrogen-bond acceptors (Lipinski definition) is 4. The Morgan fingerprint density at radius 2 is 2.10 bits per heavy atom. The number of ether oxygens (including phenoxy) is 1. The van der Waals surface area contributed by atoms with E-state index in [1.807, 2.05) is 20.8 Å². The number of nitrogens with two attached hydrogens (primary N) is 1. The highest BCUT2D eigenvalue weighted by Gasteiger charge is 2.33. The summed E-state index contributed by atoms with van der Waals surface area (Å²) < 4.78 is 5.22. The Balaban J connectivity index is 2.84. The summed E-state index contributed by atoms with van der Waals surface area (Å²) in [4.78, 5) is 27.9. The molecule has 116 valence electrons. The molecule has 0 saturated heterocycles. The molecule has 1 atom stereocenters. The molecule has 1 rings (SSSR count). The van der Waals surface area contributed by atoms with Crippen molar-refractivity contribution in [3.05, 3.63) is 23.9 Å². The summed E-state index contributed by atoms with van der Waals surface area (Å²) in [5.74, 6) is -0.258. The molecule has 0 fully saturated rings. The number of nitrogens with one attached hydrogen (secondary N) is 1. The average Bonchev–Trinajstić information content (AvgIpc) is 2.38. The van der Waals surface area contributed by atoms with Crippen molar-refractivity contribution in [2.45, 2.75) is 39.7 Å². The molecular weight excluding hydrogens is 270 g/mol. The molecule has 0 radical (unpaired) electrons. The van der Waals surface area contributed by atoms with E-state index in [-0.39, 0.29) is 11.8 Å². The van der Waals surface area contributed by atoms with Gasteiger partial charge < -0.3 is 15.8 Å². The molecular formula is C15H23N3O3. The number of carbonyl (C=O) groups excluding carboxylic acids is 2. The second-order valence-corrected chi connectivity index (χ2v) is 5.57. The smallest absolute Gasteiger partial charge is 0.253 e. The van der Waals surface area contributed by atoms with Gasteiger partial charge in [0.05, 0.1) is 12.2 Å². The van der Waals surface area contributed by atoms with E-state index in [1.54, 1.807) is 19.1 Å². The zero-order valence-electron chi connectivity index (χ0n) is 13.0. The van der Waals surface area contributed by atoms with Gasteiger partial charge in [-0.3, -0.25) is 9.59 Å². The lowest BCUT2D eigenvalue weighted by atomic mass is 9.89. The molecule has 0 aliphatic rings. The van der Waals surface area contributed by atoms with Gasteiger partial charge >= 0.3 is 0 Å². The van der Waals surface area contributed by atoms with E-state index in [2.05, 4.69) is 10.3 Å². The third-order valence-corrected chi connectivity index (χ3v) is 3.04. The molecule has 0 aliphatic carbocycles. The SMILES string of the molecule is CCOc1ccc(C(=O)N[C@@](C)(CC(C)C)C(N)=O)cn1. The maximum atomic E-state index is 12.2. The molecule has 6 heteroatoms. The molecule has 1 aromatic rings. The second kappa shape index (κ2) is 7.06. The second-order valence-electron chi connectivity index (χ2n) is 5.57. The van der Waals surface area contributed by atoms with Crippen molar-refractivity contribution < 1.29 is 14.3 Å². The van der Waals surface area contributed by atoms with Gasteiger partial charge in [-0.1, -0.05) is 13.8 Å². The minimum absolute atomic E-state index is 0.223. The lowest BCUT2D eigenvalue weighted by molar-refractivity contribution is -0.124. The number of pyridine rings is 1. The summed E-state index contributed by atoms with van der Waals surface area (Å²) >= 11 is 0. The number of primary amides is 1. The van der Waals surface area contributed by atoms with Crippen LogP contribution in [0.2, 0.25) is 0 Å². The van der Waals surface area contributed by atoms with Gasteiger partial charge in [-0.15, -0.1) is 0 Å². The maximum Gasteiger partial charge on any atom is 0.253 e. The lowest BCUT2D eigenvalue weighted by Gasteiger charge is -2.29. The van der Waals surface area contributed by atoms with Crippen LogP contribution < -0.4 is 15.8 Å². The third-order valence-electron chi connectivity index (χ3n) is 3.04. The topological polar surface area (TPSA) is 94.3 Å². The normalized spacial score (nSPS) is 13.6. The fraction of sp³-hybridized carbons (Fsp3) is 0.533. The number of nitrogens with zero attached hydrogens (tertiary/aromatic N) is 1. The van der Waals surface area contributed by atoms with Crippen LogP contribution in [0.3, 0.4) is 0 Å². The summed E-state index contributed by atoms with van der Waals surface area (Å²) in [5, 5.41) is 2.70. The number of hydrogen-bond donors (Lipinski definition) is 2. The van der Waals surface area contributed by atoms with Gasteiger partial charge in [0.15, 0.2) is 0 Å². The molecule has 0 aromatic carbocycles. The van der Waals surface area contributed by atoms with Crippen LogP contribution in [0, 0.1) is 5.92 Å². The lowest BCUT2D eigenvalue weighted by Crippen LogP contribution is -2.56. The minimum atomic E-state index is -1.08. The van der Waals surface area contributed by atoms with Crippen molar-refractivity contribution in [3.8, 4) is 5.88 Å². The Hall–Kier alpha value is -2.11. The predicted molar refractivity (Wildman–Crippen MR) is 79.9 cm³/mol. The molecule has 0 saturated carbocycles. The Kier molecular flexibility index (Phi) is 5.69. The van der Waals surface area contributed by atoms with Gasteiger partial charge in [0.1, 0.15) is 5.54 Å². The van der Waals surface area contributed by atoms with Crippen LogP contribution >= 0.6 is 0 Å². The van der Waals surface area contributed by atoms with Gasteiger partial charge in [-0.2, -0.15) is 0 Å². The highest BCUT2D eigenvalue weighted by molar-refractivity contribution is 5.98. The van der Waals surface area contributed by atoms with E-state index < -0.39 is 11.4 Å². The summed E-state index contributed by atoms with van der Waals surface area (Å²) in [6.45, 7) is 7.92. The number of carbonyl (C=O) groups is 2. The fourth-order valence-corrected chi connectivity index (χ4v) is 2.10. The Bertz CT molecular complexity index is 499. The average molecular weight is 293 g/mol. The zero-order chi connectivity index (χ0) is 16.0. The van der Waals surface area contributed by atoms with Gasteiger partial charge in [-0.05, 0) is 32.3 Å². The molecule has 3 N–H and O–H groups in total. The van der Waals surface area contributed by atoms with Crippen LogP contribution in [-0.2, 0) is 4.79 Å². The largest absolute Gasteiger partial charge is 0.478 e. The highest BCUT2D eigenvalue weighted by atomic mass is 16.5. The standard InChI is InChI=1S/C15H23N3O3/c1-5-21-12-7-6-11(9-17-12)13(19)18-15(4,14(16)20)8-10(2)3/h6-7,9-10H,5,8H2,1-4H3,(H2,16,20)(H,18,19)/t15-/m0/s1. The van der Waals surface area contributed by atoms with Crippen LogP contribution in [-0.4, -0.2) is 28.9 Å². The van der Waals surface area contributed by atoms with E-state index in [1.165, 1.54) is 6.20 Å². The van der Waals surface area contributed by atoms with Gasteiger partial charge in [0.25, 0.3) is 5.91 Å². The minimum Gasteiger partial charge on any atom is -0.478 e. The van der Waals surface area contributed by atoms with Crippen molar-refractivity contribution in [2.75, 3.05) is 6.61 Å². The molecule has 2 amide bonds. The molecule has 0 aliphatic heterocycles. The van der Waals surface area contributed by atoms with Gasteiger partial charge in [0, 0.05) is 12.3 Å². The van der Waals surface area contributed by atoms with Crippen LogP contribution in [0.5, 0.6) is 5.88 Å². The Labute approximate surface area is 125 Å². The first-order valence-electron chi connectivity index (χ1n) is 6.99. The first kappa shape index (κ1) is 16.9. The van der Waals surface area contributed by atoms with Gasteiger partial charge in [-0.25, -0.2) is 4.98 Å². The number of rotatable bonds is 7. The summed E-state index contributed by atoms with van der Waals surface area (Å²) in [5.41, 5.74) is 4.70. The van der Waals surface area contributed by atoms with Crippen molar-refractivity contribution in [1.82, 2.24) is 10.3 Å². The molecule has 1 aromatic heterocycles. The zero-order valence-corrected chi connectivity index (χ0v) is 13.0. The third kappa shape index (κ3) is 4.73. The molecule has 21 heavy (non-hydrogen) atoms. The Morgan fingerprint density at radius 3 is 2.52 bits per heavy atom. The van der Waals surface area contributed by atoms with E-state index in [0.29, 0.717) is 24.5 Å². The number of aromatic nitrogens is 1. The first-order chi connectivity index (χ1) is 9.78. The van der Waals surface area contributed by atoms with Crippen molar-refractivity contribution >= 4 is 11.8 Å². The van der Waals surface area contributed by atoms with Gasteiger partial charge in [0.2, 0.25) is 11.8 Å².